The molecule has 0 saturated heterocycles. The standard InChI is InChI=1S/C13H13ClN4OS.C2H6/c14-10-6-15-13-9(10)2-1-3-11(13)17-20-12-7-18(4-5-19)8-16-12;1-2/h1-3,6-8,15,17,19H,4-5H2;1-2H3. The fourth-order valence-electron chi connectivity index (χ4n) is 1.94. The molecule has 0 radical (unpaired) electrons. The molecule has 1 aromatic carbocycles. The van der Waals surface area contributed by atoms with Gasteiger partial charge in [-0.3, -0.25) is 0 Å². The zero-order valence-electron chi connectivity index (χ0n) is 12.5. The van der Waals surface area contributed by atoms with Crippen LogP contribution in [0.2, 0.25) is 5.02 Å². The van der Waals surface area contributed by atoms with Gasteiger partial charge in [0.2, 0.25) is 0 Å². The van der Waals surface area contributed by atoms with Gasteiger partial charge in [0.15, 0.2) is 0 Å². The molecule has 0 spiro atoms. The van der Waals surface area contributed by atoms with Crippen LogP contribution in [0.1, 0.15) is 13.8 Å². The van der Waals surface area contributed by atoms with Gasteiger partial charge in [0, 0.05) is 36.3 Å². The third-order valence-corrected chi connectivity index (χ3v) is 3.95. The maximum Gasteiger partial charge on any atom is 0.134 e. The van der Waals surface area contributed by atoms with Crippen LogP contribution in [0.25, 0.3) is 10.9 Å². The highest BCUT2D eigenvalue weighted by molar-refractivity contribution is 8.00. The van der Waals surface area contributed by atoms with E-state index in [-0.39, 0.29) is 6.61 Å². The Kier molecular flexibility index (Phi) is 6.18. The molecule has 3 aromatic rings. The molecule has 0 amide bonds. The van der Waals surface area contributed by atoms with E-state index in [1.165, 1.54) is 11.9 Å². The molecule has 7 heteroatoms. The maximum absolute atomic E-state index is 8.87. The molecular formula is C15H19ClN4OS. The number of aromatic nitrogens is 3. The molecule has 0 bridgehead atoms. The SMILES string of the molecule is CC.OCCn1cnc(SNc2cccc3c(Cl)c[nH]c23)c1. The number of fused-ring (bicyclic) bond motifs is 1. The molecule has 2 aromatic heterocycles. The first kappa shape index (κ1) is 16.7. The lowest BCUT2D eigenvalue weighted by atomic mass is 10.2. The summed E-state index contributed by atoms with van der Waals surface area (Å²) in [6, 6.07) is 5.90. The highest BCUT2D eigenvalue weighted by Gasteiger charge is 2.06. The molecule has 5 nitrogen and oxygen atoms in total. The van der Waals surface area contributed by atoms with Gasteiger partial charge < -0.3 is 19.4 Å². The number of para-hydroxylation sites is 1. The van der Waals surface area contributed by atoms with E-state index in [1.807, 2.05) is 42.8 Å². The van der Waals surface area contributed by atoms with Crippen LogP contribution in [-0.2, 0) is 6.54 Å². The average molecular weight is 339 g/mol. The van der Waals surface area contributed by atoms with E-state index >= 15 is 0 Å². The zero-order valence-corrected chi connectivity index (χ0v) is 14.1. The normalized spacial score (nSPS) is 10.4. The monoisotopic (exact) mass is 338 g/mol. The fraction of sp³-hybridized carbons (Fsp3) is 0.267. The number of aromatic amines is 1. The average Bonchev–Trinajstić information content (AvgIpc) is 3.15. The smallest absolute Gasteiger partial charge is 0.134 e. The van der Waals surface area contributed by atoms with E-state index in [0.29, 0.717) is 11.6 Å². The molecule has 2 heterocycles. The number of hydrogen-bond acceptors (Lipinski definition) is 4. The second-order valence-corrected chi connectivity index (χ2v) is 5.48. The van der Waals surface area contributed by atoms with Crippen LogP contribution in [0.15, 0.2) is 41.9 Å². The van der Waals surface area contributed by atoms with Crippen LogP contribution in [-0.4, -0.2) is 26.2 Å². The molecule has 118 valence electrons. The first-order valence-electron chi connectivity index (χ1n) is 7.09. The van der Waals surface area contributed by atoms with Gasteiger partial charge in [-0.15, -0.1) is 0 Å². The summed E-state index contributed by atoms with van der Waals surface area (Å²) in [6.45, 7) is 4.66. The predicted octanol–water partition coefficient (Wildman–Crippen LogP) is 4.16. The van der Waals surface area contributed by atoms with Crippen LogP contribution < -0.4 is 4.72 Å². The summed E-state index contributed by atoms with van der Waals surface area (Å²) in [7, 11) is 0. The highest BCUT2D eigenvalue weighted by atomic mass is 35.5. The van der Waals surface area contributed by atoms with E-state index in [1.54, 1.807) is 12.5 Å². The van der Waals surface area contributed by atoms with E-state index in [2.05, 4.69) is 14.7 Å². The number of halogens is 1. The van der Waals surface area contributed by atoms with Crippen molar-refractivity contribution >= 4 is 40.1 Å². The highest BCUT2D eigenvalue weighted by Crippen LogP contribution is 2.30. The van der Waals surface area contributed by atoms with Crippen molar-refractivity contribution < 1.29 is 5.11 Å². The minimum atomic E-state index is 0.105. The molecule has 0 unspecified atom stereocenters. The van der Waals surface area contributed by atoms with Gasteiger partial charge >= 0.3 is 0 Å². The lowest BCUT2D eigenvalue weighted by Crippen LogP contribution is -1.97. The van der Waals surface area contributed by atoms with Crippen molar-refractivity contribution in [2.45, 2.75) is 25.4 Å². The molecule has 0 aliphatic heterocycles. The van der Waals surface area contributed by atoms with Crippen LogP contribution in [0.5, 0.6) is 0 Å². The number of benzene rings is 1. The number of imidazole rings is 1. The molecule has 0 saturated carbocycles. The van der Waals surface area contributed by atoms with Gasteiger partial charge in [-0.25, -0.2) is 4.98 Å². The minimum absolute atomic E-state index is 0.105. The van der Waals surface area contributed by atoms with Crippen molar-refractivity contribution in [2.75, 3.05) is 11.3 Å². The summed E-state index contributed by atoms with van der Waals surface area (Å²) in [5, 5.41) is 11.4. The predicted molar refractivity (Wildman–Crippen MR) is 93.4 cm³/mol. The Labute approximate surface area is 138 Å². The Morgan fingerprint density at radius 2 is 2.23 bits per heavy atom. The maximum atomic E-state index is 8.87. The molecule has 0 aliphatic rings. The summed E-state index contributed by atoms with van der Waals surface area (Å²) in [5.41, 5.74) is 1.93. The molecule has 3 rings (SSSR count). The van der Waals surface area contributed by atoms with Gasteiger partial charge in [0.25, 0.3) is 0 Å². The Balaban J connectivity index is 0.000000847. The largest absolute Gasteiger partial charge is 0.395 e. The van der Waals surface area contributed by atoms with Crippen molar-refractivity contribution in [3.63, 3.8) is 0 Å². The number of aliphatic hydroxyl groups is 1. The molecule has 3 N–H and O–H groups in total. The van der Waals surface area contributed by atoms with Crippen LogP contribution >= 0.6 is 23.5 Å². The molecule has 22 heavy (non-hydrogen) atoms. The zero-order chi connectivity index (χ0) is 15.9. The second-order valence-electron chi connectivity index (χ2n) is 4.24. The first-order valence-corrected chi connectivity index (χ1v) is 8.28. The van der Waals surface area contributed by atoms with Gasteiger partial charge in [-0.2, -0.15) is 0 Å². The molecular weight excluding hydrogens is 320 g/mol. The fourth-order valence-corrected chi connectivity index (χ4v) is 2.83. The van der Waals surface area contributed by atoms with Crippen LogP contribution in [0, 0.1) is 0 Å². The summed E-state index contributed by atoms with van der Waals surface area (Å²) in [4.78, 5) is 7.40. The Morgan fingerprint density at radius 3 is 3.00 bits per heavy atom. The Bertz CT molecular complexity index is 725. The molecule has 0 atom stereocenters. The van der Waals surface area contributed by atoms with Crippen molar-refractivity contribution in [3.05, 3.63) is 41.9 Å². The summed E-state index contributed by atoms with van der Waals surface area (Å²) in [6.07, 6.45) is 5.36. The van der Waals surface area contributed by atoms with Gasteiger partial charge in [-0.05, 0) is 6.07 Å². The molecule has 0 aliphatic carbocycles. The minimum Gasteiger partial charge on any atom is -0.395 e. The quantitative estimate of drug-likeness (QED) is 0.611. The third kappa shape index (κ3) is 3.76. The molecule has 0 fully saturated rings. The second kappa shape index (κ2) is 8.12. The van der Waals surface area contributed by atoms with Gasteiger partial charge in [-0.1, -0.05) is 37.6 Å². The van der Waals surface area contributed by atoms with E-state index in [4.69, 9.17) is 16.7 Å². The van der Waals surface area contributed by atoms with Gasteiger partial charge in [0.05, 0.1) is 29.2 Å². The van der Waals surface area contributed by atoms with E-state index in [0.717, 1.165) is 21.6 Å². The van der Waals surface area contributed by atoms with E-state index < -0.39 is 0 Å². The lowest BCUT2D eigenvalue weighted by Gasteiger charge is -2.04. The van der Waals surface area contributed by atoms with Crippen LogP contribution in [0.4, 0.5) is 5.69 Å². The number of H-pyrrole nitrogens is 1. The summed E-state index contributed by atoms with van der Waals surface area (Å²) < 4.78 is 5.10. The third-order valence-electron chi connectivity index (χ3n) is 2.90. The summed E-state index contributed by atoms with van der Waals surface area (Å²) in [5.74, 6) is 0. The van der Waals surface area contributed by atoms with Crippen molar-refractivity contribution in [1.29, 1.82) is 0 Å². The van der Waals surface area contributed by atoms with Crippen LogP contribution in [0.3, 0.4) is 0 Å². The van der Waals surface area contributed by atoms with Crippen molar-refractivity contribution in [1.82, 2.24) is 14.5 Å². The number of rotatable bonds is 5. The number of nitrogens with zero attached hydrogens (tertiary/aromatic N) is 2. The van der Waals surface area contributed by atoms with Gasteiger partial charge in [0.1, 0.15) is 5.03 Å². The number of hydrogen-bond donors (Lipinski definition) is 3. The first-order chi connectivity index (χ1) is 10.8. The Morgan fingerprint density at radius 1 is 1.41 bits per heavy atom. The van der Waals surface area contributed by atoms with E-state index in [9.17, 15) is 0 Å². The van der Waals surface area contributed by atoms with Crippen molar-refractivity contribution in [2.24, 2.45) is 0 Å². The Hall–Kier alpha value is -1.63. The summed E-state index contributed by atoms with van der Waals surface area (Å²) >= 11 is 7.51. The topological polar surface area (TPSA) is 65.9 Å². The van der Waals surface area contributed by atoms with Crippen molar-refractivity contribution in [3.8, 4) is 0 Å². The number of anilines is 1. The number of aliphatic hydroxyl groups excluding tert-OH is 1. The lowest BCUT2D eigenvalue weighted by molar-refractivity contribution is 0.276. The number of nitrogens with one attached hydrogen (secondary N) is 2.